The molecule has 1 amide bonds. The Morgan fingerprint density at radius 3 is 3.25 bits per heavy atom. The number of nitrogens with one attached hydrogen (secondary N) is 1. The molecule has 1 fully saturated rings. The minimum absolute atomic E-state index is 0.0438. The fraction of sp³-hybridized carbons (Fsp3) is 0.533. The van der Waals surface area contributed by atoms with Gasteiger partial charge in [0.1, 0.15) is 4.88 Å². The van der Waals surface area contributed by atoms with Crippen molar-refractivity contribution in [1.29, 1.82) is 0 Å². The van der Waals surface area contributed by atoms with Gasteiger partial charge in [-0.3, -0.25) is 4.79 Å². The molecule has 1 aromatic heterocycles. The van der Waals surface area contributed by atoms with E-state index in [1.54, 1.807) is 0 Å². The van der Waals surface area contributed by atoms with Crippen molar-refractivity contribution < 1.29 is 14.6 Å². The second-order valence-corrected chi connectivity index (χ2v) is 5.63. The molecule has 0 aromatic carbocycles. The topological polar surface area (TPSA) is 58.6 Å². The van der Waals surface area contributed by atoms with Crippen LogP contribution in [0.1, 0.15) is 34.5 Å². The highest BCUT2D eigenvalue weighted by atomic mass is 32.1. The fourth-order valence-electron chi connectivity index (χ4n) is 2.08. The molecule has 20 heavy (non-hydrogen) atoms. The van der Waals surface area contributed by atoms with Crippen LogP contribution in [0.25, 0.3) is 0 Å². The van der Waals surface area contributed by atoms with E-state index in [4.69, 9.17) is 9.84 Å². The lowest BCUT2D eigenvalue weighted by molar-refractivity contribution is 0.0954. The van der Waals surface area contributed by atoms with Crippen molar-refractivity contribution in [2.75, 3.05) is 26.4 Å². The molecule has 1 atom stereocenters. The first-order valence-corrected chi connectivity index (χ1v) is 7.72. The average molecular weight is 293 g/mol. The maximum absolute atomic E-state index is 12.1. The van der Waals surface area contributed by atoms with E-state index in [0.29, 0.717) is 23.8 Å². The van der Waals surface area contributed by atoms with Crippen molar-refractivity contribution in [1.82, 2.24) is 5.32 Å². The van der Waals surface area contributed by atoms with Gasteiger partial charge in [-0.25, -0.2) is 0 Å². The molecule has 5 heteroatoms. The summed E-state index contributed by atoms with van der Waals surface area (Å²) in [4.78, 5) is 12.7. The lowest BCUT2D eigenvalue weighted by Gasteiger charge is -2.08. The summed E-state index contributed by atoms with van der Waals surface area (Å²) >= 11 is 1.40. The van der Waals surface area contributed by atoms with Crippen LogP contribution < -0.4 is 5.32 Å². The van der Waals surface area contributed by atoms with Gasteiger partial charge in [-0.1, -0.05) is 11.8 Å². The lowest BCUT2D eigenvalue weighted by Crippen LogP contribution is -2.25. The summed E-state index contributed by atoms with van der Waals surface area (Å²) < 4.78 is 5.31. The molecule has 0 spiro atoms. The van der Waals surface area contributed by atoms with Gasteiger partial charge in [0.05, 0.1) is 6.61 Å². The van der Waals surface area contributed by atoms with Crippen LogP contribution in [0.3, 0.4) is 0 Å². The molecule has 1 aromatic rings. The number of hydrogen-bond acceptors (Lipinski definition) is 4. The van der Waals surface area contributed by atoms with Crippen LogP contribution in [-0.4, -0.2) is 37.4 Å². The van der Waals surface area contributed by atoms with Crippen LogP contribution in [0.5, 0.6) is 0 Å². The molecule has 0 aliphatic carbocycles. The van der Waals surface area contributed by atoms with E-state index in [-0.39, 0.29) is 12.5 Å². The minimum Gasteiger partial charge on any atom is -0.395 e. The smallest absolute Gasteiger partial charge is 0.262 e. The van der Waals surface area contributed by atoms with E-state index in [9.17, 15) is 4.79 Å². The number of carbonyl (C=O) groups excluding carboxylic acids is 1. The molecule has 1 aliphatic rings. The van der Waals surface area contributed by atoms with Crippen molar-refractivity contribution >= 4 is 17.2 Å². The molecule has 0 bridgehead atoms. The lowest BCUT2D eigenvalue weighted by atomic mass is 10.1. The molecule has 4 nitrogen and oxygen atoms in total. The SMILES string of the molecule is O=C(NCCC1CCOC1)c1sccc1C#CCCO. The van der Waals surface area contributed by atoms with Gasteiger partial charge in [0, 0.05) is 31.7 Å². The predicted molar refractivity (Wildman–Crippen MR) is 78.8 cm³/mol. The molecule has 108 valence electrons. The molecule has 2 heterocycles. The highest BCUT2D eigenvalue weighted by Gasteiger charge is 2.16. The van der Waals surface area contributed by atoms with Crippen LogP contribution >= 0.6 is 11.3 Å². The van der Waals surface area contributed by atoms with E-state index in [2.05, 4.69) is 17.2 Å². The summed E-state index contributed by atoms with van der Waals surface area (Å²) in [5.74, 6) is 6.28. The van der Waals surface area contributed by atoms with Gasteiger partial charge in [-0.2, -0.15) is 0 Å². The normalized spacial score (nSPS) is 17.6. The summed E-state index contributed by atoms with van der Waals surface area (Å²) in [5, 5.41) is 13.5. The third-order valence-electron chi connectivity index (χ3n) is 3.19. The van der Waals surface area contributed by atoms with Crippen molar-refractivity contribution in [3.63, 3.8) is 0 Å². The second kappa shape index (κ2) is 8.05. The van der Waals surface area contributed by atoms with Crippen LogP contribution in [0.2, 0.25) is 0 Å². The number of rotatable bonds is 5. The third kappa shape index (κ3) is 4.34. The molecule has 2 N–H and O–H groups in total. The Labute approximate surface area is 123 Å². The van der Waals surface area contributed by atoms with Gasteiger partial charge < -0.3 is 15.2 Å². The van der Waals surface area contributed by atoms with Gasteiger partial charge in [0.15, 0.2) is 0 Å². The Hall–Kier alpha value is -1.35. The molecule has 0 saturated carbocycles. The molecular weight excluding hydrogens is 274 g/mol. The van der Waals surface area contributed by atoms with E-state index in [0.717, 1.165) is 31.6 Å². The Morgan fingerprint density at radius 2 is 2.50 bits per heavy atom. The van der Waals surface area contributed by atoms with E-state index in [1.165, 1.54) is 11.3 Å². The quantitative estimate of drug-likeness (QED) is 0.811. The van der Waals surface area contributed by atoms with Crippen molar-refractivity contribution in [2.24, 2.45) is 5.92 Å². The summed E-state index contributed by atoms with van der Waals surface area (Å²) in [6.07, 6.45) is 2.48. The zero-order valence-electron chi connectivity index (χ0n) is 11.4. The number of aliphatic hydroxyl groups excluding tert-OH is 1. The summed E-state index contributed by atoms with van der Waals surface area (Å²) in [5.41, 5.74) is 0.741. The number of carbonyl (C=O) groups is 1. The average Bonchev–Trinajstić information content (AvgIpc) is 3.10. The summed E-state index contributed by atoms with van der Waals surface area (Å²) in [6, 6.07) is 1.84. The standard InChI is InChI=1S/C15H19NO3S/c17-8-2-1-3-13-6-10-20-14(13)15(18)16-7-4-12-5-9-19-11-12/h6,10,12,17H,2,4-5,7-9,11H2,(H,16,18). The molecule has 1 saturated heterocycles. The Kier molecular flexibility index (Phi) is 6.06. The highest BCUT2D eigenvalue weighted by molar-refractivity contribution is 7.12. The van der Waals surface area contributed by atoms with E-state index in [1.807, 2.05) is 11.4 Å². The summed E-state index contributed by atoms with van der Waals surface area (Å²) in [6.45, 7) is 2.37. The Bertz CT molecular complexity index is 495. The zero-order chi connectivity index (χ0) is 14.2. The number of ether oxygens (including phenoxy) is 1. The van der Waals surface area contributed by atoms with Crippen LogP contribution in [0, 0.1) is 17.8 Å². The van der Waals surface area contributed by atoms with Gasteiger partial charge in [-0.05, 0) is 30.2 Å². The highest BCUT2D eigenvalue weighted by Crippen LogP contribution is 2.17. The maximum atomic E-state index is 12.1. The van der Waals surface area contributed by atoms with Crippen LogP contribution in [-0.2, 0) is 4.74 Å². The minimum atomic E-state index is -0.0628. The summed E-state index contributed by atoms with van der Waals surface area (Å²) in [7, 11) is 0. The predicted octanol–water partition coefficient (Wildman–Crippen LogP) is 1.64. The number of thiophene rings is 1. The van der Waals surface area contributed by atoms with Crippen molar-refractivity contribution in [2.45, 2.75) is 19.3 Å². The van der Waals surface area contributed by atoms with Crippen LogP contribution in [0.4, 0.5) is 0 Å². The largest absolute Gasteiger partial charge is 0.395 e. The third-order valence-corrected chi connectivity index (χ3v) is 4.11. The first-order valence-electron chi connectivity index (χ1n) is 6.84. The van der Waals surface area contributed by atoms with Crippen LogP contribution in [0.15, 0.2) is 11.4 Å². The van der Waals surface area contributed by atoms with Gasteiger partial charge in [0.2, 0.25) is 0 Å². The Balaban J connectivity index is 1.83. The molecule has 1 unspecified atom stereocenters. The Morgan fingerprint density at radius 1 is 1.60 bits per heavy atom. The first kappa shape index (κ1) is 15.0. The van der Waals surface area contributed by atoms with E-state index >= 15 is 0 Å². The molecule has 1 aliphatic heterocycles. The van der Waals surface area contributed by atoms with Crippen molar-refractivity contribution in [3.05, 3.63) is 21.9 Å². The molecule has 0 radical (unpaired) electrons. The van der Waals surface area contributed by atoms with Gasteiger partial charge in [0.25, 0.3) is 5.91 Å². The second-order valence-electron chi connectivity index (χ2n) is 4.71. The monoisotopic (exact) mass is 293 g/mol. The zero-order valence-corrected chi connectivity index (χ0v) is 12.2. The van der Waals surface area contributed by atoms with Gasteiger partial charge in [-0.15, -0.1) is 11.3 Å². The van der Waals surface area contributed by atoms with E-state index < -0.39 is 0 Å². The number of amides is 1. The number of hydrogen-bond donors (Lipinski definition) is 2. The van der Waals surface area contributed by atoms with Gasteiger partial charge >= 0.3 is 0 Å². The number of aliphatic hydroxyl groups is 1. The first-order chi connectivity index (χ1) is 9.81. The van der Waals surface area contributed by atoms with Crippen molar-refractivity contribution in [3.8, 4) is 11.8 Å². The molecular formula is C15H19NO3S. The fourth-order valence-corrected chi connectivity index (χ4v) is 2.84. The maximum Gasteiger partial charge on any atom is 0.262 e. The molecule has 2 rings (SSSR count).